The van der Waals surface area contributed by atoms with Gasteiger partial charge in [0.15, 0.2) is 25.2 Å². The van der Waals surface area contributed by atoms with E-state index in [0.29, 0.717) is 19.3 Å². The Balaban J connectivity index is 1.30. The minimum Gasteiger partial charge on any atom is -0.394 e. The highest BCUT2D eigenvalue weighted by Crippen LogP contribution is 2.32. The Morgan fingerprint density at radius 3 is 1.58 bits per heavy atom. The van der Waals surface area contributed by atoms with Crippen LogP contribution in [0.3, 0.4) is 0 Å². The first-order valence-electron chi connectivity index (χ1n) is 22.2. The van der Waals surface area contributed by atoms with E-state index in [1.165, 1.54) is 6.92 Å². The number of rotatable bonds is 22. The second kappa shape index (κ2) is 25.6. The van der Waals surface area contributed by atoms with Crippen molar-refractivity contribution in [2.75, 3.05) is 26.4 Å². The van der Waals surface area contributed by atoms with Gasteiger partial charge < -0.3 is 104 Å². The second-order valence-corrected chi connectivity index (χ2v) is 17.7. The van der Waals surface area contributed by atoms with Crippen LogP contribution in [0.15, 0.2) is 47.6 Å². The number of aliphatic hydroxyl groups is 13. The Kier molecular flexibility index (Phi) is 22.0. The zero-order chi connectivity index (χ0) is 48.3. The number of aliphatic hydroxyl groups excluding tert-OH is 13. The van der Waals surface area contributed by atoms with Gasteiger partial charge in [-0.05, 0) is 73.1 Å². The molecule has 0 aromatic carbocycles. The second-order valence-electron chi connectivity index (χ2n) is 17.7. The fourth-order valence-electron chi connectivity index (χ4n) is 7.81. The van der Waals surface area contributed by atoms with Gasteiger partial charge in [-0.3, -0.25) is 0 Å². The van der Waals surface area contributed by atoms with Crippen molar-refractivity contribution >= 4 is 0 Å². The summed E-state index contributed by atoms with van der Waals surface area (Å²) in [5.41, 5.74) is 2.14. The molecular formula is C44H74O21. The van der Waals surface area contributed by atoms with Gasteiger partial charge in [0.2, 0.25) is 0 Å². The van der Waals surface area contributed by atoms with E-state index in [-0.39, 0.29) is 6.61 Å². The zero-order valence-corrected chi connectivity index (χ0v) is 37.7. The summed E-state index contributed by atoms with van der Waals surface area (Å²) < 4.78 is 45.9. The molecule has 21 heteroatoms. The lowest BCUT2D eigenvalue weighted by Crippen LogP contribution is -2.65. The predicted octanol–water partition coefficient (Wildman–Crippen LogP) is -2.58. The first-order valence-corrected chi connectivity index (χ1v) is 22.2. The van der Waals surface area contributed by atoms with Gasteiger partial charge in [0, 0.05) is 0 Å². The molecule has 4 fully saturated rings. The number of hydrogen-bond donors (Lipinski definition) is 13. The van der Waals surface area contributed by atoms with E-state index >= 15 is 0 Å². The molecule has 13 N–H and O–H groups in total. The third kappa shape index (κ3) is 14.8. The van der Waals surface area contributed by atoms with E-state index in [1.807, 2.05) is 26.8 Å². The van der Waals surface area contributed by atoms with Gasteiger partial charge in [-0.15, -0.1) is 6.58 Å². The van der Waals surface area contributed by atoms with Crippen LogP contribution in [0.5, 0.6) is 0 Å². The van der Waals surface area contributed by atoms with Crippen LogP contribution >= 0.6 is 0 Å². The van der Waals surface area contributed by atoms with Crippen molar-refractivity contribution in [1.29, 1.82) is 0 Å². The molecule has 21 unspecified atom stereocenters. The predicted molar refractivity (Wildman–Crippen MR) is 226 cm³/mol. The highest BCUT2D eigenvalue weighted by atomic mass is 16.8. The van der Waals surface area contributed by atoms with Crippen molar-refractivity contribution in [2.24, 2.45) is 0 Å². The van der Waals surface area contributed by atoms with Gasteiger partial charge in [-0.2, -0.15) is 0 Å². The van der Waals surface area contributed by atoms with Crippen molar-refractivity contribution < 1.29 is 104 Å². The van der Waals surface area contributed by atoms with E-state index in [1.54, 1.807) is 13.0 Å². The molecule has 4 rings (SSSR count). The minimum atomic E-state index is -1.83. The third-order valence-corrected chi connectivity index (χ3v) is 12.4. The van der Waals surface area contributed by atoms with Gasteiger partial charge in [0.05, 0.1) is 38.1 Å². The van der Waals surface area contributed by atoms with Crippen LogP contribution in [0.4, 0.5) is 0 Å². The van der Waals surface area contributed by atoms with E-state index in [9.17, 15) is 66.4 Å². The summed E-state index contributed by atoms with van der Waals surface area (Å²) in [6, 6.07) is 0. The van der Waals surface area contributed by atoms with Crippen molar-refractivity contribution in [3.8, 4) is 0 Å². The van der Waals surface area contributed by atoms with E-state index in [2.05, 4.69) is 18.7 Å². The molecule has 4 saturated heterocycles. The molecule has 21 nitrogen and oxygen atoms in total. The fourth-order valence-corrected chi connectivity index (χ4v) is 7.81. The molecule has 0 aromatic rings. The van der Waals surface area contributed by atoms with Gasteiger partial charge in [0.25, 0.3) is 0 Å². The first-order chi connectivity index (χ1) is 30.7. The van der Waals surface area contributed by atoms with Crippen molar-refractivity contribution in [1.82, 2.24) is 0 Å². The molecular weight excluding hydrogens is 864 g/mol. The van der Waals surface area contributed by atoms with Gasteiger partial charge in [-0.25, -0.2) is 0 Å². The van der Waals surface area contributed by atoms with Crippen LogP contribution < -0.4 is 0 Å². The number of ether oxygens (including phenoxy) is 8. The highest BCUT2D eigenvalue weighted by Gasteiger charge is 2.52. The SMILES string of the molecule is C=CC(C)(CC/C=C(\C)CC/C=C(/C)CC/C=C(\C)COC1OC(COC2OC(C)C(O)C(O)C2O)C(O)C(O)C1OC1OC(CO)C(O)C(O)C1O)OC1OC(CO)C(O)C(O)C1O. The maximum atomic E-state index is 11.3. The minimum absolute atomic E-state index is 0.0488. The molecule has 0 saturated carbocycles. The Hall–Kier alpha value is -1.88. The molecule has 0 aliphatic carbocycles. The number of hydrogen-bond acceptors (Lipinski definition) is 21. The molecule has 0 bridgehead atoms. The molecule has 4 heterocycles. The summed E-state index contributed by atoms with van der Waals surface area (Å²) in [5.74, 6) is 0. The van der Waals surface area contributed by atoms with Gasteiger partial charge in [-0.1, -0.05) is 41.0 Å². The van der Waals surface area contributed by atoms with E-state index in [0.717, 1.165) is 36.0 Å². The zero-order valence-electron chi connectivity index (χ0n) is 37.7. The maximum absolute atomic E-state index is 11.3. The largest absolute Gasteiger partial charge is 0.394 e. The van der Waals surface area contributed by atoms with Crippen LogP contribution in [0.25, 0.3) is 0 Å². The molecule has 0 aromatic heterocycles. The summed E-state index contributed by atoms with van der Waals surface area (Å²) >= 11 is 0. The van der Waals surface area contributed by atoms with Crippen molar-refractivity contribution in [3.63, 3.8) is 0 Å². The van der Waals surface area contributed by atoms with E-state index in [4.69, 9.17) is 37.9 Å². The summed E-state index contributed by atoms with van der Waals surface area (Å²) in [7, 11) is 0. The average molecular weight is 939 g/mol. The van der Waals surface area contributed by atoms with E-state index < -0.39 is 148 Å². The van der Waals surface area contributed by atoms with Crippen LogP contribution in [-0.2, 0) is 37.9 Å². The number of allylic oxidation sites excluding steroid dienone is 5. The van der Waals surface area contributed by atoms with Crippen molar-refractivity contribution in [2.45, 2.75) is 202 Å². The molecule has 21 atom stereocenters. The van der Waals surface area contributed by atoms with Crippen LogP contribution in [0.2, 0.25) is 0 Å². The van der Waals surface area contributed by atoms with Crippen LogP contribution in [0.1, 0.15) is 73.1 Å². The Morgan fingerprint density at radius 2 is 1.02 bits per heavy atom. The molecule has 0 amide bonds. The lowest BCUT2D eigenvalue weighted by Gasteiger charge is -2.46. The lowest BCUT2D eigenvalue weighted by molar-refractivity contribution is -0.371. The molecule has 4 aliphatic rings. The fraction of sp³-hybridized carbons (Fsp3) is 0.818. The summed E-state index contributed by atoms with van der Waals surface area (Å²) in [4.78, 5) is 0. The van der Waals surface area contributed by atoms with Gasteiger partial charge in [0.1, 0.15) is 91.6 Å². The van der Waals surface area contributed by atoms with Gasteiger partial charge >= 0.3 is 0 Å². The van der Waals surface area contributed by atoms with Crippen LogP contribution in [-0.4, -0.2) is 221 Å². The normalized spacial score (nSPS) is 42.2. The maximum Gasteiger partial charge on any atom is 0.187 e. The monoisotopic (exact) mass is 938 g/mol. The molecule has 65 heavy (non-hydrogen) atoms. The summed E-state index contributed by atoms with van der Waals surface area (Å²) in [6.45, 7) is 11.1. The first kappa shape index (κ1) is 55.7. The average Bonchev–Trinajstić information content (AvgIpc) is 3.28. The quantitative estimate of drug-likeness (QED) is 0.0496. The lowest BCUT2D eigenvalue weighted by atomic mass is 9.96. The third-order valence-electron chi connectivity index (χ3n) is 12.4. The van der Waals surface area contributed by atoms with Crippen LogP contribution in [0, 0.1) is 0 Å². The Labute approximate surface area is 379 Å². The molecule has 376 valence electrons. The molecule has 4 aliphatic heterocycles. The molecule has 0 radical (unpaired) electrons. The standard InChI is InChI=1S/C44H74O21/c1-7-44(6,65-42-38(57)34(53)30(49)26(18-46)62-42)16-10-15-22(3)12-8-11-21(2)13-9-14-23(4)19-58-43-39(64-41-37(56)33(52)29(48)25(17-45)61-41)35(54)31(50)27(63-43)20-59-40-36(55)32(51)28(47)24(5)60-40/h7,11,14-15,24-43,45-57H,1,8-10,12-13,16-20H2,2-6H3/b21-11-,22-15+,23-14+. The highest BCUT2D eigenvalue weighted by molar-refractivity contribution is 5.08. The molecule has 0 spiro atoms. The summed E-state index contributed by atoms with van der Waals surface area (Å²) in [6.07, 6.45) is -18.1. The Bertz CT molecular complexity index is 1540. The van der Waals surface area contributed by atoms with Crippen molar-refractivity contribution in [3.05, 3.63) is 47.6 Å². The Morgan fingerprint density at radius 1 is 0.538 bits per heavy atom. The summed E-state index contributed by atoms with van der Waals surface area (Å²) in [5, 5.41) is 134. The topological polar surface area (TPSA) is 337 Å². The smallest absolute Gasteiger partial charge is 0.187 e.